The molecule has 0 heterocycles. The maximum Gasteiger partial charge on any atom is 0.0618 e. The van der Waals surface area contributed by atoms with Gasteiger partial charge in [0.15, 0.2) is 0 Å². The van der Waals surface area contributed by atoms with Gasteiger partial charge in [0, 0.05) is 6.04 Å². The fraction of sp³-hybridized carbons (Fsp3) is 1.00. The lowest BCUT2D eigenvalue weighted by Gasteiger charge is -2.16. The molecule has 0 radical (unpaired) electrons. The summed E-state index contributed by atoms with van der Waals surface area (Å²) in [5.74, 6) is 0.707. The van der Waals surface area contributed by atoms with Gasteiger partial charge in [-0.2, -0.15) is 0 Å². The van der Waals surface area contributed by atoms with Crippen molar-refractivity contribution in [3.05, 3.63) is 0 Å². The number of hydrogen-bond acceptors (Lipinski definition) is 2. The Kier molecular flexibility index (Phi) is 5.51. The Balaban J connectivity index is 3.29. The van der Waals surface area contributed by atoms with Crippen LogP contribution in [-0.2, 0) is 4.74 Å². The first-order valence-corrected chi connectivity index (χ1v) is 4.39. The maximum absolute atomic E-state index is 5.55. The van der Waals surface area contributed by atoms with Crippen LogP contribution in [0.5, 0.6) is 0 Å². The lowest BCUT2D eigenvalue weighted by atomic mass is 10.1. The molecule has 0 amide bonds. The quantitative estimate of drug-likeness (QED) is 0.663. The van der Waals surface area contributed by atoms with E-state index in [9.17, 15) is 0 Å². The van der Waals surface area contributed by atoms with Crippen LogP contribution in [-0.4, -0.2) is 18.8 Å². The highest BCUT2D eigenvalue weighted by atomic mass is 16.5. The van der Waals surface area contributed by atoms with E-state index in [2.05, 4.69) is 20.8 Å². The van der Waals surface area contributed by atoms with E-state index in [1.54, 1.807) is 0 Å². The van der Waals surface area contributed by atoms with Crippen molar-refractivity contribution in [2.24, 2.45) is 11.7 Å². The molecule has 0 saturated heterocycles. The normalized spacial score (nSPS) is 16.9. The van der Waals surface area contributed by atoms with Crippen LogP contribution in [0.2, 0.25) is 0 Å². The van der Waals surface area contributed by atoms with Crippen LogP contribution >= 0.6 is 0 Å². The monoisotopic (exact) mass is 159 g/mol. The molecule has 0 aromatic heterocycles. The van der Waals surface area contributed by atoms with Crippen LogP contribution in [0.15, 0.2) is 0 Å². The summed E-state index contributed by atoms with van der Waals surface area (Å²) >= 11 is 0. The second-order valence-electron chi connectivity index (χ2n) is 3.75. The Morgan fingerprint density at radius 2 is 1.73 bits per heavy atom. The molecule has 2 N–H and O–H groups in total. The van der Waals surface area contributed by atoms with Crippen LogP contribution in [0.25, 0.3) is 0 Å². The lowest BCUT2D eigenvalue weighted by molar-refractivity contribution is 0.0456. The third-order valence-electron chi connectivity index (χ3n) is 1.45. The second-order valence-corrected chi connectivity index (χ2v) is 3.75. The van der Waals surface area contributed by atoms with Crippen molar-refractivity contribution in [2.45, 2.75) is 46.3 Å². The molecule has 0 aromatic carbocycles. The molecule has 11 heavy (non-hydrogen) atoms. The molecule has 2 unspecified atom stereocenters. The summed E-state index contributed by atoms with van der Waals surface area (Å²) in [6.45, 7) is 9.13. The molecule has 0 aliphatic carbocycles. The highest BCUT2D eigenvalue weighted by molar-refractivity contribution is 4.56. The van der Waals surface area contributed by atoms with E-state index in [0.29, 0.717) is 18.6 Å². The first-order chi connectivity index (χ1) is 5.02. The summed E-state index contributed by atoms with van der Waals surface area (Å²) < 4.78 is 5.49. The molecule has 0 bridgehead atoms. The van der Waals surface area contributed by atoms with E-state index >= 15 is 0 Å². The molecule has 68 valence electrons. The summed E-state index contributed by atoms with van der Waals surface area (Å²) in [5, 5.41) is 0. The zero-order valence-electron chi connectivity index (χ0n) is 8.13. The fourth-order valence-electron chi connectivity index (χ4n) is 1.05. The highest BCUT2D eigenvalue weighted by Crippen LogP contribution is 2.07. The van der Waals surface area contributed by atoms with Crippen LogP contribution in [0.3, 0.4) is 0 Å². The minimum absolute atomic E-state index is 0.157. The van der Waals surface area contributed by atoms with Crippen LogP contribution in [0.1, 0.15) is 34.1 Å². The third-order valence-corrected chi connectivity index (χ3v) is 1.45. The van der Waals surface area contributed by atoms with Crippen molar-refractivity contribution >= 4 is 0 Å². The first-order valence-electron chi connectivity index (χ1n) is 4.39. The molecule has 2 atom stereocenters. The van der Waals surface area contributed by atoms with Crippen molar-refractivity contribution in [3.8, 4) is 0 Å². The topological polar surface area (TPSA) is 35.2 Å². The Labute approximate surface area is 70.1 Å². The Bertz CT molecular complexity index is 91.6. The van der Waals surface area contributed by atoms with Crippen molar-refractivity contribution < 1.29 is 4.74 Å². The summed E-state index contributed by atoms with van der Waals surface area (Å²) in [5.41, 5.74) is 5.55. The molecular weight excluding hydrogens is 138 g/mol. The van der Waals surface area contributed by atoms with Gasteiger partial charge in [-0.15, -0.1) is 0 Å². The summed E-state index contributed by atoms with van der Waals surface area (Å²) in [6.07, 6.45) is 1.47. The molecule has 0 aromatic rings. The van der Waals surface area contributed by atoms with Gasteiger partial charge in [0.1, 0.15) is 0 Å². The largest absolute Gasteiger partial charge is 0.377 e. The van der Waals surface area contributed by atoms with Gasteiger partial charge in [-0.1, -0.05) is 13.8 Å². The highest BCUT2D eigenvalue weighted by Gasteiger charge is 2.05. The van der Waals surface area contributed by atoms with Crippen molar-refractivity contribution in [1.82, 2.24) is 0 Å². The molecule has 2 heteroatoms. The van der Waals surface area contributed by atoms with Crippen LogP contribution in [0, 0.1) is 5.92 Å². The Hall–Kier alpha value is -0.0800. The number of rotatable bonds is 5. The molecule has 0 aliphatic rings. The van der Waals surface area contributed by atoms with Gasteiger partial charge >= 0.3 is 0 Å². The van der Waals surface area contributed by atoms with E-state index in [4.69, 9.17) is 10.5 Å². The smallest absolute Gasteiger partial charge is 0.0618 e. The maximum atomic E-state index is 5.55. The minimum Gasteiger partial charge on any atom is -0.377 e. The van der Waals surface area contributed by atoms with E-state index in [1.807, 2.05) is 6.92 Å². The fourth-order valence-corrected chi connectivity index (χ4v) is 1.05. The van der Waals surface area contributed by atoms with Crippen molar-refractivity contribution in [3.63, 3.8) is 0 Å². The zero-order chi connectivity index (χ0) is 8.85. The van der Waals surface area contributed by atoms with E-state index in [-0.39, 0.29) is 6.04 Å². The first kappa shape index (κ1) is 10.9. The molecular formula is C9H21NO. The molecule has 0 saturated carbocycles. The minimum atomic E-state index is 0.157. The predicted octanol–water partition coefficient (Wildman–Crippen LogP) is 1.78. The number of hydrogen-bond donors (Lipinski definition) is 1. The van der Waals surface area contributed by atoms with E-state index < -0.39 is 0 Å². The Morgan fingerprint density at radius 3 is 2.09 bits per heavy atom. The molecule has 0 fully saturated rings. The van der Waals surface area contributed by atoms with Gasteiger partial charge in [-0.3, -0.25) is 0 Å². The number of nitrogens with two attached hydrogens (primary N) is 1. The third kappa shape index (κ3) is 7.82. The summed E-state index contributed by atoms with van der Waals surface area (Å²) in [7, 11) is 0. The standard InChI is InChI=1S/C9H21NO/c1-7(2)5-9(4)11-6-8(3)10/h7-9H,5-6,10H2,1-4H3. The molecule has 0 spiro atoms. The van der Waals surface area contributed by atoms with Gasteiger partial charge in [-0.25, -0.2) is 0 Å². The molecule has 0 aliphatic heterocycles. The van der Waals surface area contributed by atoms with Gasteiger partial charge in [0.25, 0.3) is 0 Å². The Morgan fingerprint density at radius 1 is 1.18 bits per heavy atom. The van der Waals surface area contributed by atoms with Gasteiger partial charge < -0.3 is 10.5 Å². The molecule has 2 nitrogen and oxygen atoms in total. The van der Waals surface area contributed by atoms with Crippen LogP contribution in [0.4, 0.5) is 0 Å². The van der Waals surface area contributed by atoms with E-state index in [1.165, 1.54) is 0 Å². The summed E-state index contributed by atoms with van der Waals surface area (Å²) in [6, 6.07) is 0.157. The molecule has 0 rings (SSSR count). The van der Waals surface area contributed by atoms with Gasteiger partial charge in [-0.05, 0) is 26.2 Å². The van der Waals surface area contributed by atoms with Crippen LogP contribution < -0.4 is 5.73 Å². The van der Waals surface area contributed by atoms with Crippen molar-refractivity contribution in [2.75, 3.05) is 6.61 Å². The lowest BCUT2D eigenvalue weighted by Crippen LogP contribution is -2.25. The van der Waals surface area contributed by atoms with Crippen molar-refractivity contribution in [1.29, 1.82) is 0 Å². The average Bonchev–Trinajstić information content (AvgIpc) is 1.82. The average molecular weight is 159 g/mol. The van der Waals surface area contributed by atoms with E-state index in [0.717, 1.165) is 6.42 Å². The number of ether oxygens (including phenoxy) is 1. The second kappa shape index (κ2) is 5.56. The van der Waals surface area contributed by atoms with Gasteiger partial charge in [0.2, 0.25) is 0 Å². The summed E-state index contributed by atoms with van der Waals surface area (Å²) in [4.78, 5) is 0. The van der Waals surface area contributed by atoms with Gasteiger partial charge in [0.05, 0.1) is 12.7 Å². The predicted molar refractivity (Wildman–Crippen MR) is 48.5 cm³/mol. The zero-order valence-corrected chi connectivity index (χ0v) is 8.13. The SMILES string of the molecule is CC(C)CC(C)OCC(C)N.